The van der Waals surface area contributed by atoms with E-state index in [-0.39, 0.29) is 5.41 Å². The van der Waals surface area contributed by atoms with Crippen LogP contribution in [0.4, 0.5) is 0 Å². The molecule has 1 aliphatic carbocycles. The van der Waals surface area contributed by atoms with Gasteiger partial charge in [0, 0.05) is 12.0 Å². The van der Waals surface area contributed by atoms with Crippen molar-refractivity contribution in [1.29, 1.82) is 0 Å². The van der Waals surface area contributed by atoms with E-state index in [0.29, 0.717) is 12.8 Å². The molecule has 0 spiro atoms. The van der Waals surface area contributed by atoms with Crippen LogP contribution in [0.2, 0.25) is 0 Å². The monoisotopic (exact) mass is 245 g/mol. The second-order valence-electron chi connectivity index (χ2n) is 5.56. The van der Waals surface area contributed by atoms with Crippen LogP contribution in [0.25, 0.3) is 0 Å². The highest BCUT2D eigenvalue weighted by atomic mass is 16.2. The van der Waals surface area contributed by atoms with Crippen LogP contribution < -0.4 is 5.32 Å². The van der Waals surface area contributed by atoms with Gasteiger partial charge >= 0.3 is 0 Å². The van der Waals surface area contributed by atoms with E-state index < -0.39 is 5.91 Å². The molecule has 0 atom stereocenters. The quantitative estimate of drug-likeness (QED) is 0.649. The number of carbonyl (C=O) groups is 2. The molecular weight excluding hydrogens is 226 g/mol. The van der Waals surface area contributed by atoms with Gasteiger partial charge < -0.3 is 5.32 Å². The molecule has 0 heterocycles. The summed E-state index contributed by atoms with van der Waals surface area (Å²) >= 11 is 0. The third-order valence-electron chi connectivity index (χ3n) is 3.69. The molecule has 1 amide bonds. The number of hydrogen-bond acceptors (Lipinski definition) is 2. The molecule has 96 valence electrons. The SMILES string of the molecule is CC(C)(CNC(=O)C=O)c1ccc2c(c1)CCC2. The summed E-state index contributed by atoms with van der Waals surface area (Å²) < 4.78 is 0. The van der Waals surface area contributed by atoms with Crippen molar-refractivity contribution in [2.45, 2.75) is 38.5 Å². The molecule has 1 aromatic rings. The zero-order valence-electron chi connectivity index (χ0n) is 11.0. The van der Waals surface area contributed by atoms with Gasteiger partial charge in [-0.05, 0) is 36.0 Å². The smallest absolute Gasteiger partial charge is 0.284 e. The molecule has 1 aromatic carbocycles. The van der Waals surface area contributed by atoms with Gasteiger partial charge in [-0.3, -0.25) is 9.59 Å². The Morgan fingerprint density at radius 2 is 2.06 bits per heavy atom. The molecule has 2 rings (SSSR count). The lowest BCUT2D eigenvalue weighted by molar-refractivity contribution is -0.131. The Kier molecular flexibility index (Phi) is 3.50. The number of aldehydes is 1. The van der Waals surface area contributed by atoms with Gasteiger partial charge in [-0.15, -0.1) is 0 Å². The van der Waals surface area contributed by atoms with E-state index in [1.54, 1.807) is 0 Å². The van der Waals surface area contributed by atoms with Crippen molar-refractivity contribution in [3.63, 3.8) is 0 Å². The fourth-order valence-corrected chi connectivity index (χ4v) is 2.44. The van der Waals surface area contributed by atoms with Gasteiger partial charge in [0.1, 0.15) is 0 Å². The van der Waals surface area contributed by atoms with Crippen LogP contribution in [0.5, 0.6) is 0 Å². The van der Waals surface area contributed by atoms with Crippen LogP contribution in [0.15, 0.2) is 18.2 Å². The molecule has 3 heteroatoms. The van der Waals surface area contributed by atoms with Crippen molar-refractivity contribution in [3.05, 3.63) is 34.9 Å². The molecule has 0 saturated carbocycles. The van der Waals surface area contributed by atoms with Crippen molar-refractivity contribution in [2.75, 3.05) is 6.54 Å². The minimum Gasteiger partial charge on any atom is -0.349 e. The predicted octanol–water partition coefficient (Wildman–Crippen LogP) is 1.77. The summed E-state index contributed by atoms with van der Waals surface area (Å²) in [6.07, 6.45) is 3.89. The summed E-state index contributed by atoms with van der Waals surface area (Å²) in [7, 11) is 0. The summed E-state index contributed by atoms with van der Waals surface area (Å²) in [5.74, 6) is -0.552. The van der Waals surface area contributed by atoms with Crippen molar-refractivity contribution in [1.82, 2.24) is 5.32 Å². The standard InChI is InChI=1S/C15H19NO2/c1-15(2,10-16-14(18)9-17)13-7-6-11-4-3-5-12(11)8-13/h6-9H,3-5,10H2,1-2H3,(H,16,18). The van der Waals surface area contributed by atoms with E-state index in [2.05, 4.69) is 37.4 Å². The molecule has 0 bridgehead atoms. The topological polar surface area (TPSA) is 46.2 Å². The first-order valence-electron chi connectivity index (χ1n) is 6.38. The second-order valence-corrected chi connectivity index (χ2v) is 5.56. The van der Waals surface area contributed by atoms with Crippen molar-refractivity contribution < 1.29 is 9.59 Å². The van der Waals surface area contributed by atoms with Crippen molar-refractivity contribution in [3.8, 4) is 0 Å². The van der Waals surface area contributed by atoms with Crippen molar-refractivity contribution in [2.24, 2.45) is 0 Å². The molecule has 0 fully saturated rings. The lowest BCUT2D eigenvalue weighted by atomic mass is 9.83. The van der Waals surface area contributed by atoms with Gasteiger partial charge in [-0.2, -0.15) is 0 Å². The molecule has 18 heavy (non-hydrogen) atoms. The van der Waals surface area contributed by atoms with Gasteiger partial charge in [-0.1, -0.05) is 32.0 Å². The highest BCUT2D eigenvalue weighted by Crippen LogP contribution is 2.29. The van der Waals surface area contributed by atoms with E-state index >= 15 is 0 Å². The van der Waals surface area contributed by atoms with Gasteiger partial charge in [0.2, 0.25) is 6.29 Å². The average Bonchev–Trinajstić information content (AvgIpc) is 2.83. The summed E-state index contributed by atoms with van der Waals surface area (Å²) in [6.45, 7) is 4.63. The third kappa shape index (κ3) is 2.61. The number of aryl methyl sites for hydroxylation is 2. The Labute approximate surface area is 108 Å². The van der Waals surface area contributed by atoms with E-state index in [1.807, 2.05) is 0 Å². The predicted molar refractivity (Wildman–Crippen MR) is 70.6 cm³/mol. The maximum Gasteiger partial charge on any atom is 0.284 e. The Bertz CT molecular complexity index is 477. The number of carbonyl (C=O) groups excluding carboxylic acids is 2. The van der Waals surface area contributed by atoms with Gasteiger partial charge in [0.25, 0.3) is 5.91 Å². The highest BCUT2D eigenvalue weighted by Gasteiger charge is 2.23. The Hall–Kier alpha value is -1.64. The molecule has 0 aliphatic heterocycles. The summed E-state index contributed by atoms with van der Waals surface area (Å²) in [6, 6.07) is 6.58. The minimum atomic E-state index is -0.552. The van der Waals surface area contributed by atoms with Gasteiger partial charge in [-0.25, -0.2) is 0 Å². The molecule has 3 nitrogen and oxygen atoms in total. The number of nitrogens with one attached hydrogen (secondary N) is 1. The molecule has 0 saturated heterocycles. The van der Waals surface area contributed by atoms with E-state index in [9.17, 15) is 9.59 Å². The fraction of sp³-hybridized carbons (Fsp3) is 0.467. The minimum absolute atomic E-state index is 0.156. The molecular formula is C15H19NO2. The summed E-state index contributed by atoms with van der Waals surface area (Å²) in [5.41, 5.74) is 3.94. The fourth-order valence-electron chi connectivity index (χ4n) is 2.44. The molecule has 0 radical (unpaired) electrons. The Morgan fingerprint density at radius 1 is 1.33 bits per heavy atom. The van der Waals surface area contributed by atoms with Crippen LogP contribution in [0.3, 0.4) is 0 Å². The first-order valence-corrected chi connectivity index (χ1v) is 6.38. The van der Waals surface area contributed by atoms with Gasteiger partial charge in [0.15, 0.2) is 0 Å². The second kappa shape index (κ2) is 4.92. The van der Waals surface area contributed by atoms with E-state index in [4.69, 9.17) is 0 Å². The Balaban J connectivity index is 2.14. The van der Waals surface area contributed by atoms with Crippen LogP contribution in [-0.2, 0) is 27.8 Å². The van der Waals surface area contributed by atoms with Crippen molar-refractivity contribution >= 4 is 12.2 Å². The molecule has 0 aromatic heterocycles. The maximum absolute atomic E-state index is 11.0. The first kappa shape index (κ1) is 12.8. The number of rotatable bonds is 4. The van der Waals surface area contributed by atoms with E-state index in [0.717, 1.165) is 6.42 Å². The summed E-state index contributed by atoms with van der Waals surface area (Å²) in [4.78, 5) is 21.3. The summed E-state index contributed by atoms with van der Waals surface area (Å²) in [5, 5.41) is 2.63. The number of hydrogen-bond donors (Lipinski definition) is 1. The maximum atomic E-state index is 11.0. The lowest BCUT2D eigenvalue weighted by Crippen LogP contribution is -2.37. The van der Waals surface area contributed by atoms with Crippen LogP contribution in [-0.4, -0.2) is 18.7 Å². The first-order chi connectivity index (χ1) is 8.53. The molecule has 1 aliphatic rings. The van der Waals surface area contributed by atoms with Gasteiger partial charge in [0.05, 0.1) is 0 Å². The number of benzene rings is 1. The van der Waals surface area contributed by atoms with Crippen LogP contribution >= 0.6 is 0 Å². The number of amides is 1. The zero-order chi connectivity index (χ0) is 13.2. The van der Waals surface area contributed by atoms with Crippen LogP contribution in [0, 0.1) is 0 Å². The molecule has 0 unspecified atom stereocenters. The zero-order valence-corrected chi connectivity index (χ0v) is 11.0. The largest absolute Gasteiger partial charge is 0.349 e. The number of fused-ring (bicyclic) bond motifs is 1. The highest BCUT2D eigenvalue weighted by molar-refractivity contribution is 6.23. The third-order valence-corrected chi connectivity index (χ3v) is 3.69. The van der Waals surface area contributed by atoms with Crippen LogP contribution in [0.1, 0.15) is 37.0 Å². The average molecular weight is 245 g/mol. The molecule has 1 N–H and O–H groups in total. The lowest BCUT2D eigenvalue weighted by Gasteiger charge is -2.26. The van der Waals surface area contributed by atoms with E-state index in [1.165, 1.54) is 29.5 Å². The Morgan fingerprint density at radius 3 is 2.78 bits per heavy atom. The normalized spacial score (nSPS) is 14.1.